The van der Waals surface area contributed by atoms with Gasteiger partial charge in [0.05, 0.1) is 22.5 Å². The van der Waals surface area contributed by atoms with E-state index >= 15 is 0 Å². The molecule has 0 radical (unpaired) electrons. The summed E-state index contributed by atoms with van der Waals surface area (Å²) >= 11 is 0. The van der Waals surface area contributed by atoms with Gasteiger partial charge in [0, 0.05) is 22.7 Å². The van der Waals surface area contributed by atoms with Crippen molar-refractivity contribution >= 4 is 40.0 Å². The molecule has 1 aliphatic heterocycles. The van der Waals surface area contributed by atoms with Gasteiger partial charge in [0.1, 0.15) is 0 Å². The van der Waals surface area contributed by atoms with Crippen LogP contribution < -0.4 is 10.2 Å². The summed E-state index contributed by atoms with van der Waals surface area (Å²) in [4.78, 5) is 43.3. The number of aryl methyl sites for hydroxylation is 2. The molecule has 0 fully saturated rings. The molecule has 0 atom stereocenters. The van der Waals surface area contributed by atoms with Crippen LogP contribution in [0.15, 0.2) is 66.9 Å². The van der Waals surface area contributed by atoms with E-state index in [0.717, 1.165) is 22.0 Å². The summed E-state index contributed by atoms with van der Waals surface area (Å²) in [5.74, 6) is -1.14. The number of imide groups is 1. The van der Waals surface area contributed by atoms with Crippen molar-refractivity contribution in [3.8, 4) is 0 Å². The molecule has 1 aromatic heterocycles. The average Bonchev–Trinajstić information content (AvgIpc) is 3.34. The molecule has 2 heterocycles. The third kappa shape index (κ3) is 3.00. The fraction of sp³-hybridized carbons (Fsp3) is 0.0800. The highest BCUT2D eigenvalue weighted by molar-refractivity contribution is 6.35. The molecule has 1 aliphatic rings. The van der Waals surface area contributed by atoms with Gasteiger partial charge in [-0.1, -0.05) is 18.2 Å². The first-order chi connectivity index (χ1) is 14.9. The van der Waals surface area contributed by atoms with Crippen molar-refractivity contribution in [1.29, 1.82) is 0 Å². The summed E-state index contributed by atoms with van der Waals surface area (Å²) in [5.41, 5.74) is 4.79. The van der Waals surface area contributed by atoms with Gasteiger partial charge in [-0.2, -0.15) is 0 Å². The van der Waals surface area contributed by atoms with E-state index in [-0.39, 0.29) is 17.4 Å². The van der Waals surface area contributed by atoms with E-state index in [1.807, 2.05) is 62.5 Å². The normalized spacial score (nSPS) is 13.0. The third-order valence-electron chi connectivity index (χ3n) is 5.60. The van der Waals surface area contributed by atoms with Crippen LogP contribution in [-0.4, -0.2) is 22.7 Å². The largest absolute Gasteiger partial charge is 0.361 e. The molecule has 0 unspecified atom stereocenters. The molecule has 152 valence electrons. The topological polar surface area (TPSA) is 82.3 Å². The molecule has 0 bridgehead atoms. The highest BCUT2D eigenvalue weighted by atomic mass is 16.2. The van der Waals surface area contributed by atoms with Crippen LogP contribution in [0, 0.1) is 13.8 Å². The van der Waals surface area contributed by atoms with Crippen molar-refractivity contribution in [3.05, 3.63) is 94.7 Å². The number of aromatic nitrogens is 1. The quantitative estimate of drug-likeness (QED) is 0.475. The minimum absolute atomic E-state index is 0.235. The minimum atomic E-state index is -0.420. The predicted molar refractivity (Wildman–Crippen MR) is 120 cm³/mol. The number of carbonyl (C=O) groups is 3. The molecule has 6 nitrogen and oxygen atoms in total. The number of nitrogens with zero attached hydrogens (tertiary/aromatic N) is 1. The number of anilines is 2. The van der Waals surface area contributed by atoms with E-state index in [1.54, 1.807) is 12.1 Å². The molecular weight excluding hydrogens is 390 g/mol. The zero-order valence-corrected chi connectivity index (χ0v) is 17.0. The van der Waals surface area contributed by atoms with Crippen LogP contribution in [0.4, 0.5) is 11.4 Å². The average molecular weight is 409 g/mol. The molecule has 0 aliphatic carbocycles. The molecule has 31 heavy (non-hydrogen) atoms. The molecule has 3 aromatic carbocycles. The molecular formula is C25H19N3O3. The van der Waals surface area contributed by atoms with Crippen LogP contribution in [0.5, 0.6) is 0 Å². The second-order valence-corrected chi connectivity index (χ2v) is 7.69. The van der Waals surface area contributed by atoms with E-state index in [2.05, 4.69) is 10.3 Å². The number of hydrogen-bond acceptors (Lipinski definition) is 3. The SMILES string of the molecule is Cc1ccc(C)c(N2C(=O)c3ccc(C(=O)Nc4cccc5[nH]ccc45)cc3C2=O)c1. The van der Waals surface area contributed by atoms with Crippen LogP contribution in [0.2, 0.25) is 0 Å². The Labute approximate surface area is 178 Å². The standard InChI is InChI=1S/C25H19N3O3/c1-14-6-7-15(2)22(12-14)28-24(30)17-9-8-16(13-19(17)25(28)31)23(29)27-21-5-3-4-20-18(21)10-11-26-20/h3-13,26H,1-2H3,(H,27,29). The van der Waals surface area contributed by atoms with Gasteiger partial charge >= 0.3 is 0 Å². The van der Waals surface area contributed by atoms with E-state index in [4.69, 9.17) is 0 Å². The maximum atomic E-state index is 13.1. The van der Waals surface area contributed by atoms with Crippen molar-refractivity contribution in [2.75, 3.05) is 10.2 Å². The van der Waals surface area contributed by atoms with Crippen molar-refractivity contribution < 1.29 is 14.4 Å². The summed E-state index contributed by atoms with van der Waals surface area (Å²) in [6.07, 6.45) is 1.81. The third-order valence-corrected chi connectivity index (χ3v) is 5.60. The smallest absolute Gasteiger partial charge is 0.266 e. The summed E-state index contributed by atoms with van der Waals surface area (Å²) in [5, 5.41) is 3.79. The Morgan fingerprint density at radius 1 is 0.903 bits per heavy atom. The molecule has 2 N–H and O–H groups in total. The molecule has 0 saturated carbocycles. The van der Waals surface area contributed by atoms with Crippen LogP contribution in [0.1, 0.15) is 42.2 Å². The highest BCUT2D eigenvalue weighted by Crippen LogP contribution is 2.32. The second-order valence-electron chi connectivity index (χ2n) is 7.69. The summed E-state index contributed by atoms with van der Waals surface area (Å²) in [7, 11) is 0. The Morgan fingerprint density at radius 3 is 2.55 bits per heavy atom. The van der Waals surface area contributed by atoms with Crippen LogP contribution in [0.25, 0.3) is 10.9 Å². The van der Waals surface area contributed by atoms with Gasteiger partial charge in [-0.05, 0) is 67.4 Å². The van der Waals surface area contributed by atoms with Crippen molar-refractivity contribution in [1.82, 2.24) is 4.98 Å². The van der Waals surface area contributed by atoms with Crippen LogP contribution >= 0.6 is 0 Å². The number of hydrogen-bond donors (Lipinski definition) is 2. The Morgan fingerprint density at radius 2 is 1.71 bits per heavy atom. The Hall–Kier alpha value is -4.19. The van der Waals surface area contributed by atoms with E-state index in [1.165, 1.54) is 11.0 Å². The number of fused-ring (bicyclic) bond motifs is 2. The molecule has 5 rings (SSSR count). The van der Waals surface area contributed by atoms with Gasteiger partial charge in [0.25, 0.3) is 17.7 Å². The Bertz CT molecular complexity index is 1400. The Balaban J connectivity index is 1.48. The lowest BCUT2D eigenvalue weighted by molar-refractivity contribution is 0.0925. The number of nitrogens with one attached hydrogen (secondary N) is 2. The van der Waals surface area contributed by atoms with Gasteiger partial charge in [-0.3, -0.25) is 14.4 Å². The predicted octanol–water partition coefficient (Wildman–Crippen LogP) is 4.84. The number of aromatic amines is 1. The first-order valence-electron chi connectivity index (χ1n) is 9.91. The lowest BCUT2D eigenvalue weighted by atomic mass is 10.1. The van der Waals surface area contributed by atoms with E-state index in [9.17, 15) is 14.4 Å². The van der Waals surface area contributed by atoms with E-state index in [0.29, 0.717) is 22.5 Å². The molecule has 4 aromatic rings. The summed E-state index contributed by atoms with van der Waals surface area (Å²) in [6, 6.07) is 17.7. The minimum Gasteiger partial charge on any atom is -0.361 e. The number of rotatable bonds is 3. The summed E-state index contributed by atoms with van der Waals surface area (Å²) < 4.78 is 0. The second kappa shape index (κ2) is 6.95. The lowest BCUT2D eigenvalue weighted by Gasteiger charge is -2.17. The number of carbonyl (C=O) groups excluding carboxylic acids is 3. The van der Waals surface area contributed by atoms with Gasteiger partial charge in [-0.25, -0.2) is 4.90 Å². The van der Waals surface area contributed by atoms with Crippen molar-refractivity contribution in [2.45, 2.75) is 13.8 Å². The molecule has 6 heteroatoms. The fourth-order valence-electron chi connectivity index (χ4n) is 3.95. The van der Waals surface area contributed by atoms with Crippen LogP contribution in [-0.2, 0) is 0 Å². The fourth-order valence-corrected chi connectivity index (χ4v) is 3.95. The molecule has 3 amide bonds. The first kappa shape index (κ1) is 18.8. The van der Waals surface area contributed by atoms with E-state index < -0.39 is 5.91 Å². The first-order valence-corrected chi connectivity index (χ1v) is 9.91. The zero-order chi connectivity index (χ0) is 21.7. The zero-order valence-electron chi connectivity index (χ0n) is 17.0. The van der Waals surface area contributed by atoms with Gasteiger partial charge in [0.2, 0.25) is 0 Å². The number of H-pyrrole nitrogens is 1. The number of benzene rings is 3. The highest BCUT2D eigenvalue weighted by Gasteiger charge is 2.37. The number of amides is 3. The Kier molecular flexibility index (Phi) is 4.22. The maximum absolute atomic E-state index is 13.1. The van der Waals surface area contributed by atoms with Gasteiger partial charge in [0.15, 0.2) is 0 Å². The van der Waals surface area contributed by atoms with Crippen molar-refractivity contribution in [2.24, 2.45) is 0 Å². The summed E-state index contributed by atoms with van der Waals surface area (Å²) in [6.45, 7) is 3.77. The lowest BCUT2D eigenvalue weighted by Crippen LogP contribution is -2.30. The maximum Gasteiger partial charge on any atom is 0.266 e. The monoisotopic (exact) mass is 409 g/mol. The van der Waals surface area contributed by atoms with Crippen molar-refractivity contribution in [3.63, 3.8) is 0 Å². The molecule has 0 spiro atoms. The van der Waals surface area contributed by atoms with Gasteiger partial charge < -0.3 is 10.3 Å². The molecule has 0 saturated heterocycles. The van der Waals surface area contributed by atoms with Gasteiger partial charge in [-0.15, -0.1) is 0 Å². The van der Waals surface area contributed by atoms with Crippen LogP contribution in [0.3, 0.4) is 0 Å².